The van der Waals surface area contributed by atoms with Crippen LogP contribution in [0.5, 0.6) is 0 Å². The smallest absolute Gasteiger partial charge is 0.256 e. The Morgan fingerprint density at radius 2 is 2.10 bits per heavy atom. The first-order valence-electron chi connectivity index (χ1n) is 7.72. The number of rotatable bonds is 4. The van der Waals surface area contributed by atoms with E-state index in [0.29, 0.717) is 0 Å². The van der Waals surface area contributed by atoms with E-state index in [1.807, 2.05) is 24.3 Å². The summed E-state index contributed by atoms with van der Waals surface area (Å²) < 4.78 is 0. The zero-order valence-corrected chi connectivity index (χ0v) is 12.4. The van der Waals surface area contributed by atoms with Crippen LogP contribution < -0.4 is 5.56 Å². The van der Waals surface area contributed by atoms with Gasteiger partial charge in [-0.2, -0.15) is 0 Å². The largest absolute Gasteiger partial charge is 0.395 e. The fraction of sp³-hybridized carbons (Fsp3) is 0.471. The molecule has 0 aliphatic carbocycles. The van der Waals surface area contributed by atoms with Crippen LogP contribution in [-0.4, -0.2) is 34.2 Å². The van der Waals surface area contributed by atoms with Crippen molar-refractivity contribution in [1.82, 2.24) is 9.88 Å². The minimum atomic E-state index is -0.00803. The van der Waals surface area contributed by atoms with Crippen molar-refractivity contribution in [2.24, 2.45) is 0 Å². The molecule has 1 fully saturated rings. The van der Waals surface area contributed by atoms with Crippen LogP contribution >= 0.6 is 0 Å². The van der Waals surface area contributed by atoms with Crippen LogP contribution in [0, 0.1) is 0 Å². The monoisotopic (exact) mass is 286 g/mol. The Balaban J connectivity index is 2.08. The number of fused-ring (bicyclic) bond motifs is 1. The zero-order valence-electron chi connectivity index (χ0n) is 12.4. The molecule has 1 aromatic heterocycles. The van der Waals surface area contributed by atoms with Crippen LogP contribution in [0.4, 0.5) is 0 Å². The summed E-state index contributed by atoms with van der Waals surface area (Å²) in [5.41, 5.74) is 2.21. The molecule has 0 saturated carbocycles. The van der Waals surface area contributed by atoms with Crippen LogP contribution in [0.25, 0.3) is 10.8 Å². The standard InChI is InChI=1S/C17H22N2O2/c1-2-16-15(10-19-9-5-6-12(19)11-20)13-7-3-4-8-14(13)17(21)18-16/h3-4,7-8,12,20H,2,5-6,9-11H2,1H3,(H,18,21)/t12-/m0/s1. The summed E-state index contributed by atoms with van der Waals surface area (Å²) in [6.45, 7) is 4.09. The molecule has 4 nitrogen and oxygen atoms in total. The molecular formula is C17H22N2O2. The summed E-state index contributed by atoms with van der Waals surface area (Å²) in [4.78, 5) is 17.5. The van der Waals surface area contributed by atoms with Gasteiger partial charge in [-0.25, -0.2) is 0 Å². The topological polar surface area (TPSA) is 56.3 Å². The number of likely N-dealkylation sites (tertiary alicyclic amines) is 1. The van der Waals surface area contributed by atoms with Crippen LogP contribution in [0.1, 0.15) is 31.0 Å². The minimum Gasteiger partial charge on any atom is -0.395 e. The third-order valence-corrected chi connectivity index (χ3v) is 4.55. The first-order chi connectivity index (χ1) is 10.2. The van der Waals surface area contributed by atoms with Gasteiger partial charge in [0.05, 0.1) is 6.61 Å². The first-order valence-corrected chi connectivity index (χ1v) is 7.72. The number of aryl methyl sites for hydroxylation is 1. The van der Waals surface area contributed by atoms with Gasteiger partial charge in [-0.1, -0.05) is 25.1 Å². The normalized spacial score (nSPS) is 19.4. The van der Waals surface area contributed by atoms with E-state index >= 15 is 0 Å². The average molecular weight is 286 g/mol. The highest BCUT2D eigenvalue weighted by Gasteiger charge is 2.25. The molecule has 4 heteroatoms. The van der Waals surface area contributed by atoms with Crippen molar-refractivity contribution in [3.8, 4) is 0 Å². The molecule has 1 saturated heterocycles. The van der Waals surface area contributed by atoms with Gasteiger partial charge in [-0.05, 0) is 42.8 Å². The number of aliphatic hydroxyl groups excluding tert-OH is 1. The van der Waals surface area contributed by atoms with Gasteiger partial charge in [0.2, 0.25) is 0 Å². The van der Waals surface area contributed by atoms with Crippen molar-refractivity contribution < 1.29 is 5.11 Å². The van der Waals surface area contributed by atoms with E-state index in [-0.39, 0.29) is 18.2 Å². The summed E-state index contributed by atoms with van der Waals surface area (Å²) in [7, 11) is 0. The summed E-state index contributed by atoms with van der Waals surface area (Å²) >= 11 is 0. The van der Waals surface area contributed by atoms with Gasteiger partial charge in [0.15, 0.2) is 0 Å². The predicted molar refractivity (Wildman–Crippen MR) is 84.5 cm³/mol. The maximum atomic E-state index is 12.2. The van der Waals surface area contributed by atoms with E-state index in [4.69, 9.17) is 0 Å². The van der Waals surface area contributed by atoms with Crippen molar-refractivity contribution in [2.45, 2.75) is 38.8 Å². The van der Waals surface area contributed by atoms with Gasteiger partial charge in [0.25, 0.3) is 5.56 Å². The Kier molecular flexibility index (Phi) is 4.08. The lowest BCUT2D eigenvalue weighted by molar-refractivity contribution is 0.153. The Bertz CT molecular complexity index is 693. The van der Waals surface area contributed by atoms with Gasteiger partial charge in [-0.15, -0.1) is 0 Å². The van der Waals surface area contributed by atoms with Gasteiger partial charge in [-0.3, -0.25) is 9.69 Å². The van der Waals surface area contributed by atoms with E-state index in [2.05, 4.69) is 16.8 Å². The lowest BCUT2D eigenvalue weighted by Crippen LogP contribution is -2.32. The lowest BCUT2D eigenvalue weighted by Gasteiger charge is -2.24. The molecule has 0 unspecified atom stereocenters. The van der Waals surface area contributed by atoms with Crippen molar-refractivity contribution in [2.75, 3.05) is 13.2 Å². The molecule has 0 amide bonds. The molecule has 3 rings (SSSR count). The number of hydrogen-bond donors (Lipinski definition) is 2. The first kappa shape index (κ1) is 14.3. The van der Waals surface area contributed by atoms with E-state index in [1.54, 1.807) is 0 Å². The quantitative estimate of drug-likeness (QED) is 0.904. The van der Waals surface area contributed by atoms with E-state index in [0.717, 1.165) is 48.8 Å². The molecule has 1 aliphatic heterocycles. The number of nitrogens with zero attached hydrogens (tertiary/aromatic N) is 1. The van der Waals surface area contributed by atoms with Crippen molar-refractivity contribution in [3.63, 3.8) is 0 Å². The molecule has 112 valence electrons. The molecule has 2 N–H and O–H groups in total. The highest BCUT2D eigenvalue weighted by Crippen LogP contribution is 2.25. The summed E-state index contributed by atoms with van der Waals surface area (Å²) in [5.74, 6) is 0. The number of aromatic nitrogens is 1. The number of aliphatic hydroxyl groups is 1. The predicted octanol–water partition coefficient (Wildman–Crippen LogP) is 2.05. The Hall–Kier alpha value is -1.65. The highest BCUT2D eigenvalue weighted by atomic mass is 16.3. The molecule has 0 spiro atoms. The molecule has 2 heterocycles. The lowest BCUT2D eigenvalue weighted by atomic mass is 10.0. The third-order valence-electron chi connectivity index (χ3n) is 4.55. The zero-order chi connectivity index (χ0) is 14.8. The van der Waals surface area contributed by atoms with Gasteiger partial charge in [0, 0.05) is 23.7 Å². The van der Waals surface area contributed by atoms with E-state index in [1.165, 1.54) is 5.56 Å². The molecule has 2 aromatic rings. The second-order valence-corrected chi connectivity index (χ2v) is 5.76. The Morgan fingerprint density at radius 1 is 1.33 bits per heavy atom. The molecule has 21 heavy (non-hydrogen) atoms. The van der Waals surface area contributed by atoms with E-state index in [9.17, 15) is 9.90 Å². The molecule has 1 aromatic carbocycles. The minimum absolute atomic E-state index is 0.00803. The van der Waals surface area contributed by atoms with Crippen LogP contribution in [-0.2, 0) is 13.0 Å². The van der Waals surface area contributed by atoms with Crippen LogP contribution in [0.3, 0.4) is 0 Å². The molecule has 0 bridgehead atoms. The maximum absolute atomic E-state index is 12.2. The number of benzene rings is 1. The Labute approximate surface area is 124 Å². The van der Waals surface area contributed by atoms with Gasteiger partial charge in [0.1, 0.15) is 0 Å². The van der Waals surface area contributed by atoms with Crippen molar-refractivity contribution in [3.05, 3.63) is 45.9 Å². The van der Waals surface area contributed by atoms with E-state index < -0.39 is 0 Å². The number of pyridine rings is 1. The summed E-state index contributed by atoms with van der Waals surface area (Å²) in [6, 6.07) is 8.05. The van der Waals surface area contributed by atoms with Crippen molar-refractivity contribution >= 4 is 10.8 Å². The van der Waals surface area contributed by atoms with Gasteiger partial charge >= 0.3 is 0 Å². The second-order valence-electron chi connectivity index (χ2n) is 5.76. The molecule has 0 radical (unpaired) electrons. The molecule has 1 aliphatic rings. The van der Waals surface area contributed by atoms with Gasteiger partial charge < -0.3 is 10.1 Å². The highest BCUT2D eigenvalue weighted by molar-refractivity contribution is 5.85. The number of aromatic amines is 1. The average Bonchev–Trinajstić information content (AvgIpc) is 2.97. The maximum Gasteiger partial charge on any atom is 0.256 e. The fourth-order valence-electron chi connectivity index (χ4n) is 3.38. The SMILES string of the molecule is CCc1[nH]c(=O)c2ccccc2c1CN1CCC[C@H]1CO. The second kappa shape index (κ2) is 6.00. The molecule has 1 atom stereocenters. The number of nitrogens with one attached hydrogen (secondary N) is 1. The van der Waals surface area contributed by atoms with Crippen LogP contribution in [0.15, 0.2) is 29.1 Å². The summed E-state index contributed by atoms with van der Waals surface area (Å²) in [5, 5.41) is 11.3. The molecular weight excluding hydrogens is 264 g/mol. The van der Waals surface area contributed by atoms with Crippen molar-refractivity contribution in [1.29, 1.82) is 0 Å². The third kappa shape index (κ3) is 2.61. The Morgan fingerprint density at radius 3 is 2.81 bits per heavy atom. The van der Waals surface area contributed by atoms with Crippen LogP contribution in [0.2, 0.25) is 0 Å². The fourth-order valence-corrected chi connectivity index (χ4v) is 3.38. The summed E-state index contributed by atoms with van der Waals surface area (Å²) in [6.07, 6.45) is 3.00. The number of hydrogen-bond acceptors (Lipinski definition) is 3. The number of H-pyrrole nitrogens is 1.